The number of nitrogens with two attached hydrogens (primary N) is 2. The Bertz CT molecular complexity index is 2220. The van der Waals surface area contributed by atoms with Crippen molar-refractivity contribution < 1.29 is 57.9 Å². The van der Waals surface area contributed by atoms with Crippen LogP contribution < -0.4 is 11.5 Å². The summed E-state index contributed by atoms with van der Waals surface area (Å²) in [6, 6.07) is 27.0. The van der Waals surface area contributed by atoms with E-state index in [4.69, 9.17) is 20.9 Å². The normalized spacial score (nSPS) is 12.3. The largest absolute Gasteiger partial charge is 0.480 e. The first kappa shape index (κ1) is 54.4. The Morgan fingerprint density at radius 3 is 1.23 bits per heavy atom. The van der Waals surface area contributed by atoms with E-state index in [0.717, 1.165) is 62.5 Å². The van der Waals surface area contributed by atoms with Gasteiger partial charge in [0.1, 0.15) is 0 Å². The van der Waals surface area contributed by atoms with Crippen LogP contribution in [0.4, 0.5) is 11.4 Å². The molecule has 6 N–H and O–H groups in total. The van der Waals surface area contributed by atoms with Crippen molar-refractivity contribution in [2.75, 3.05) is 38.9 Å². The van der Waals surface area contributed by atoms with Crippen LogP contribution in [0, 0.1) is 5.41 Å². The zero-order valence-corrected chi connectivity index (χ0v) is 39.7. The summed E-state index contributed by atoms with van der Waals surface area (Å²) in [5.41, 5.74) is 12.9. The SMILES string of the molecule is COC(=O)C=Cc1ccc(C(=O)OCCCCCCCCC(CCCCCCCCOC(=O)c2ccc(C=CC(=O)OC)cc2)(c2ccc(N)cc2)C(Cc2ccc(N)cc2)(C(=O)O)C(=O)O)cc1. The minimum Gasteiger partial charge on any atom is -0.480 e. The van der Waals surface area contributed by atoms with Crippen LogP contribution >= 0.6 is 0 Å². The molecule has 0 saturated heterocycles. The van der Waals surface area contributed by atoms with Gasteiger partial charge in [-0.05, 0) is 109 Å². The van der Waals surface area contributed by atoms with E-state index in [1.54, 1.807) is 109 Å². The molecule has 368 valence electrons. The number of carbonyl (C=O) groups excluding carboxylic acids is 4. The van der Waals surface area contributed by atoms with Crippen LogP contribution in [0.3, 0.4) is 0 Å². The molecule has 0 unspecified atom stereocenters. The van der Waals surface area contributed by atoms with Gasteiger partial charge in [0.2, 0.25) is 0 Å². The first-order valence-corrected chi connectivity index (χ1v) is 23.5. The van der Waals surface area contributed by atoms with E-state index in [2.05, 4.69) is 9.47 Å². The summed E-state index contributed by atoms with van der Waals surface area (Å²) in [6.07, 6.45) is 14.9. The van der Waals surface area contributed by atoms with Crippen LogP contribution in [0.15, 0.2) is 109 Å². The van der Waals surface area contributed by atoms with E-state index in [-0.39, 0.29) is 19.6 Å². The number of unbranched alkanes of at least 4 members (excludes halogenated alkanes) is 10. The lowest BCUT2D eigenvalue weighted by Gasteiger charge is -2.47. The molecule has 0 saturated carbocycles. The van der Waals surface area contributed by atoms with Crippen LogP contribution in [0.25, 0.3) is 12.2 Å². The van der Waals surface area contributed by atoms with Crippen molar-refractivity contribution in [2.45, 2.75) is 102 Å². The number of carbonyl (C=O) groups is 6. The van der Waals surface area contributed by atoms with Crippen molar-refractivity contribution in [3.8, 4) is 0 Å². The lowest BCUT2D eigenvalue weighted by molar-refractivity contribution is -0.172. The molecule has 4 rings (SSSR count). The molecule has 0 aromatic heterocycles. The van der Waals surface area contributed by atoms with Crippen molar-refractivity contribution >= 4 is 59.3 Å². The summed E-state index contributed by atoms with van der Waals surface area (Å²) in [5, 5.41) is 22.4. The smallest absolute Gasteiger partial charge is 0.338 e. The van der Waals surface area contributed by atoms with Gasteiger partial charge in [-0.1, -0.05) is 113 Å². The van der Waals surface area contributed by atoms with Crippen LogP contribution in [-0.4, -0.2) is 73.5 Å². The van der Waals surface area contributed by atoms with Gasteiger partial charge < -0.3 is 40.6 Å². The number of carboxylic acids is 2. The van der Waals surface area contributed by atoms with E-state index < -0.39 is 46.6 Å². The molecule has 0 fully saturated rings. The molecule has 4 aromatic rings. The highest BCUT2D eigenvalue weighted by atomic mass is 16.5. The molecule has 0 aliphatic heterocycles. The molecular formula is C55H66N2O12. The van der Waals surface area contributed by atoms with E-state index >= 15 is 0 Å². The maximum absolute atomic E-state index is 13.8. The number of nitrogen functional groups attached to an aromatic ring is 2. The summed E-state index contributed by atoms with van der Waals surface area (Å²) in [7, 11) is 2.59. The second kappa shape index (κ2) is 28.2. The van der Waals surface area contributed by atoms with Crippen molar-refractivity contribution in [1.82, 2.24) is 0 Å². The average molecular weight is 947 g/mol. The molecule has 4 aromatic carbocycles. The fourth-order valence-corrected chi connectivity index (χ4v) is 8.55. The molecule has 0 aliphatic carbocycles. The summed E-state index contributed by atoms with van der Waals surface area (Å²) >= 11 is 0. The number of benzene rings is 4. The Kier molecular flexibility index (Phi) is 22.2. The third-order valence-electron chi connectivity index (χ3n) is 12.4. The van der Waals surface area contributed by atoms with Crippen LogP contribution in [0.1, 0.15) is 133 Å². The van der Waals surface area contributed by atoms with Crippen LogP contribution in [0.5, 0.6) is 0 Å². The van der Waals surface area contributed by atoms with E-state index in [1.165, 1.54) is 26.4 Å². The van der Waals surface area contributed by atoms with Gasteiger partial charge in [-0.3, -0.25) is 9.59 Å². The molecule has 0 amide bonds. The van der Waals surface area contributed by atoms with Crippen molar-refractivity contribution in [3.63, 3.8) is 0 Å². The van der Waals surface area contributed by atoms with Gasteiger partial charge in [0, 0.05) is 35.4 Å². The second-order valence-corrected chi connectivity index (χ2v) is 17.1. The Morgan fingerprint density at radius 2 is 0.855 bits per heavy atom. The molecule has 0 radical (unpaired) electrons. The number of rotatable bonds is 30. The van der Waals surface area contributed by atoms with Crippen LogP contribution in [0.2, 0.25) is 0 Å². The third-order valence-corrected chi connectivity index (χ3v) is 12.4. The summed E-state index contributed by atoms with van der Waals surface area (Å²) in [6.45, 7) is 0.495. The molecule has 0 bridgehead atoms. The van der Waals surface area contributed by atoms with Crippen molar-refractivity contribution in [3.05, 3.63) is 143 Å². The fraction of sp³-hybridized carbons (Fsp3) is 0.382. The van der Waals surface area contributed by atoms with E-state index in [9.17, 15) is 39.0 Å². The lowest BCUT2D eigenvalue weighted by atomic mass is 9.53. The number of anilines is 2. The maximum Gasteiger partial charge on any atom is 0.338 e. The van der Waals surface area contributed by atoms with Gasteiger partial charge in [-0.15, -0.1) is 0 Å². The van der Waals surface area contributed by atoms with Gasteiger partial charge in [0.05, 0.1) is 38.6 Å². The number of ether oxygens (including phenoxy) is 4. The topological polar surface area (TPSA) is 232 Å². The molecule has 0 heterocycles. The molecule has 0 atom stereocenters. The molecule has 69 heavy (non-hydrogen) atoms. The average Bonchev–Trinajstić information content (AvgIpc) is 3.35. The standard InChI is InChI=1S/C55H66N2O12/c1-66-48(58)33-21-40-15-23-43(24-16-40)50(60)68-37-13-9-5-3-7-11-35-54(45-27-31-47(57)32-28-45,55(52(62)63,53(64)65)39-42-19-29-46(56)30-20-42)36-12-8-4-6-10-14-38-69-51(61)44-25-17-41(18-26-44)22-34-49(59)67-2/h15-34H,3-14,35-39,56-57H2,1-2H3,(H,62,63)(H,64,65). The van der Waals surface area contributed by atoms with Gasteiger partial charge in [0.25, 0.3) is 0 Å². The highest BCUT2D eigenvalue weighted by molar-refractivity contribution is 6.01. The third kappa shape index (κ3) is 16.5. The zero-order chi connectivity index (χ0) is 50.1. The maximum atomic E-state index is 13.8. The first-order chi connectivity index (χ1) is 33.2. The molecule has 0 aliphatic rings. The van der Waals surface area contributed by atoms with Crippen LogP contribution in [-0.2, 0) is 50.0 Å². The number of methoxy groups -OCH3 is 2. The Hall–Kier alpha value is -7.22. The number of hydrogen-bond acceptors (Lipinski definition) is 12. The predicted octanol–water partition coefficient (Wildman–Crippen LogP) is 10.0. The minimum atomic E-state index is -2.24. The Labute approximate surface area is 404 Å². The van der Waals surface area contributed by atoms with Gasteiger partial charge in [-0.2, -0.15) is 0 Å². The van der Waals surface area contributed by atoms with E-state index in [0.29, 0.717) is 72.2 Å². The zero-order valence-electron chi connectivity index (χ0n) is 39.7. The second-order valence-electron chi connectivity index (χ2n) is 17.1. The lowest BCUT2D eigenvalue weighted by Crippen LogP contribution is -2.57. The number of carboxylic acid groups (broad SMARTS) is 2. The van der Waals surface area contributed by atoms with E-state index in [1.807, 2.05) is 0 Å². The monoisotopic (exact) mass is 946 g/mol. The minimum absolute atomic E-state index is 0.247. The van der Waals surface area contributed by atoms with Crippen molar-refractivity contribution in [2.24, 2.45) is 5.41 Å². The van der Waals surface area contributed by atoms with Gasteiger partial charge in [-0.25, -0.2) is 19.2 Å². The van der Waals surface area contributed by atoms with Crippen molar-refractivity contribution in [1.29, 1.82) is 0 Å². The molecular weight excluding hydrogens is 881 g/mol. The highest BCUT2D eigenvalue weighted by Gasteiger charge is 2.62. The molecule has 0 spiro atoms. The summed E-state index contributed by atoms with van der Waals surface area (Å²) in [4.78, 5) is 75.5. The van der Waals surface area contributed by atoms with Gasteiger partial charge >= 0.3 is 35.8 Å². The highest BCUT2D eigenvalue weighted by Crippen LogP contribution is 2.52. The molecule has 14 nitrogen and oxygen atoms in total. The first-order valence-electron chi connectivity index (χ1n) is 23.5. The Morgan fingerprint density at radius 1 is 0.493 bits per heavy atom. The number of esters is 4. The van der Waals surface area contributed by atoms with Gasteiger partial charge in [0.15, 0.2) is 5.41 Å². The summed E-state index contributed by atoms with van der Waals surface area (Å²) in [5.74, 6) is -4.66. The summed E-state index contributed by atoms with van der Waals surface area (Å²) < 4.78 is 20.2. The quantitative estimate of drug-likeness (QED) is 0.00952. The fourth-order valence-electron chi connectivity index (χ4n) is 8.55. The number of hydrogen-bond donors (Lipinski definition) is 4. The molecule has 14 heteroatoms. The predicted molar refractivity (Wildman–Crippen MR) is 265 cm³/mol. The Balaban J connectivity index is 1.37. The number of aliphatic carboxylic acids is 2.